The van der Waals surface area contributed by atoms with E-state index in [1.165, 1.54) is 19.3 Å². The average Bonchev–Trinajstić information content (AvgIpc) is 2.84. The first-order chi connectivity index (χ1) is 16.3. The predicted octanol–water partition coefficient (Wildman–Crippen LogP) is 1.76. The third-order valence-electron chi connectivity index (χ3n) is 7.73. The summed E-state index contributed by atoms with van der Waals surface area (Å²) in [5, 5.41) is 3.22. The van der Waals surface area contributed by atoms with E-state index in [2.05, 4.69) is 15.1 Å². The molecule has 0 unspecified atom stereocenters. The number of rotatable bonds is 7. The molecular formula is C25H40N4O4S. The minimum absolute atomic E-state index is 0.0314. The van der Waals surface area contributed by atoms with Crippen molar-refractivity contribution in [1.29, 1.82) is 0 Å². The Morgan fingerprint density at radius 1 is 1.00 bits per heavy atom. The van der Waals surface area contributed by atoms with Crippen LogP contribution >= 0.6 is 0 Å². The minimum atomic E-state index is -3.52. The van der Waals surface area contributed by atoms with Crippen LogP contribution < -0.4 is 5.32 Å². The van der Waals surface area contributed by atoms with Gasteiger partial charge in [-0.05, 0) is 38.3 Å². The zero-order chi connectivity index (χ0) is 24.2. The molecule has 4 rings (SSSR count). The smallest absolute Gasteiger partial charge is 0.243 e. The largest absolute Gasteiger partial charge is 0.379 e. The van der Waals surface area contributed by atoms with Crippen LogP contribution in [0.15, 0.2) is 23.1 Å². The number of hydrogen-bond donors (Lipinski definition) is 1. The van der Waals surface area contributed by atoms with E-state index < -0.39 is 10.0 Å². The molecule has 2 heterocycles. The fourth-order valence-electron chi connectivity index (χ4n) is 5.73. The summed E-state index contributed by atoms with van der Waals surface area (Å²) in [5.41, 5.74) is 1.88. The van der Waals surface area contributed by atoms with Gasteiger partial charge in [-0.25, -0.2) is 8.42 Å². The summed E-state index contributed by atoms with van der Waals surface area (Å²) in [4.78, 5) is 17.8. The van der Waals surface area contributed by atoms with Crippen LogP contribution in [0.1, 0.15) is 43.2 Å². The fourth-order valence-corrected chi connectivity index (χ4v) is 7.36. The highest BCUT2D eigenvalue weighted by Crippen LogP contribution is 2.34. The van der Waals surface area contributed by atoms with E-state index in [1.54, 1.807) is 10.4 Å². The summed E-state index contributed by atoms with van der Waals surface area (Å²) in [6, 6.07) is 5.45. The molecule has 1 aliphatic carbocycles. The van der Waals surface area contributed by atoms with Crippen LogP contribution in [0.25, 0.3) is 0 Å². The number of nitrogens with zero attached hydrogens (tertiary/aromatic N) is 3. The predicted molar refractivity (Wildman–Crippen MR) is 132 cm³/mol. The van der Waals surface area contributed by atoms with Crippen molar-refractivity contribution in [3.8, 4) is 0 Å². The van der Waals surface area contributed by atoms with Crippen molar-refractivity contribution in [3.63, 3.8) is 0 Å². The minimum Gasteiger partial charge on any atom is -0.379 e. The highest BCUT2D eigenvalue weighted by atomic mass is 32.2. The van der Waals surface area contributed by atoms with Gasteiger partial charge in [-0.1, -0.05) is 37.0 Å². The molecule has 3 aliphatic rings. The van der Waals surface area contributed by atoms with Crippen LogP contribution in [-0.2, 0) is 19.6 Å². The molecule has 1 amide bonds. The second-order valence-electron chi connectivity index (χ2n) is 10.1. The van der Waals surface area contributed by atoms with Gasteiger partial charge in [0.25, 0.3) is 0 Å². The lowest BCUT2D eigenvalue weighted by molar-refractivity contribution is -0.123. The molecule has 9 heteroatoms. The van der Waals surface area contributed by atoms with Gasteiger partial charge in [-0.3, -0.25) is 14.6 Å². The average molecular weight is 493 g/mol. The molecule has 1 aromatic carbocycles. The van der Waals surface area contributed by atoms with Crippen molar-refractivity contribution < 1.29 is 17.9 Å². The summed E-state index contributed by atoms with van der Waals surface area (Å²) in [5.74, 6) is 0.0314. The molecule has 190 valence electrons. The van der Waals surface area contributed by atoms with Crippen LogP contribution in [0.5, 0.6) is 0 Å². The molecule has 1 saturated carbocycles. The van der Waals surface area contributed by atoms with E-state index in [4.69, 9.17) is 4.74 Å². The number of sulfonamides is 1. The maximum atomic E-state index is 13.1. The number of amides is 1. The quantitative estimate of drug-likeness (QED) is 0.625. The number of morpholine rings is 1. The van der Waals surface area contributed by atoms with E-state index in [0.717, 1.165) is 50.3 Å². The summed E-state index contributed by atoms with van der Waals surface area (Å²) in [6.45, 7) is 10.2. The third kappa shape index (κ3) is 5.82. The van der Waals surface area contributed by atoms with Gasteiger partial charge in [0.2, 0.25) is 15.9 Å². The number of nitrogens with one attached hydrogen (secondary N) is 1. The van der Waals surface area contributed by atoms with Crippen LogP contribution in [0.4, 0.5) is 0 Å². The number of aryl methyl sites for hydroxylation is 2. The van der Waals surface area contributed by atoms with Crippen molar-refractivity contribution in [1.82, 2.24) is 19.4 Å². The van der Waals surface area contributed by atoms with Crippen LogP contribution in [0.3, 0.4) is 0 Å². The zero-order valence-corrected chi connectivity index (χ0v) is 21.5. The number of piperazine rings is 1. The number of ether oxygens (including phenoxy) is 1. The number of hydrogen-bond acceptors (Lipinski definition) is 6. The lowest BCUT2D eigenvalue weighted by Gasteiger charge is -2.48. The van der Waals surface area contributed by atoms with Crippen LogP contribution in [0, 0.1) is 13.8 Å². The summed E-state index contributed by atoms with van der Waals surface area (Å²) in [6.07, 6.45) is 5.95. The second-order valence-corrected chi connectivity index (χ2v) is 12.0. The van der Waals surface area contributed by atoms with E-state index in [0.29, 0.717) is 44.2 Å². The van der Waals surface area contributed by atoms with Gasteiger partial charge in [-0.2, -0.15) is 4.31 Å². The van der Waals surface area contributed by atoms with Crippen molar-refractivity contribution in [2.75, 3.05) is 65.6 Å². The molecule has 1 N–H and O–H groups in total. The molecule has 8 nitrogen and oxygen atoms in total. The highest BCUT2D eigenvalue weighted by Gasteiger charge is 2.39. The summed E-state index contributed by atoms with van der Waals surface area (Å²) >= 11 is 0. The lowest BCUT2D eigenvalue weighted by Crippen LogP contribution is -2.60. The molecule has 3 fully saturated rings. The van der Waals surface area contributed by atoms with E-state index in [1.807, 2.05) is 26.0 Å². The van der Waals surface area contributed by atoms with Gasteiger partial charge in [-0.15, -0.1) is 0 Å². The molecule has 0 spiro atoms. The van der Waals surface area contributed by atoms with E-state index >= 15 is 0 Å². The van der Waals surface area contributed by atoms with Gasteiger partial charge < -0.3 is 10.1 Å². The standard InChI is InChI=1S/C25H40N4O4S/c1-21-6-7-23(22(2)18-21)34(31,32)29-12-10-27(11-13-29)19-24(30)26-20-25(8-4-3-5-9-25)28-14-16-33-17-15-28/h6-7,18H,3-5,8-17,19-20H2,1-2H3,(H,26,30). The Bertz CT molecular complexity index is 948. The molecule has 1 aromatic rings. The molecule has 0 bridgehead atoms. The normalized spacial score (nSPS) is 23.0. The van der Waals surface area contributed by atoms with E-state index in [-0.39, 0.29) is 11.4 Å². The molecule has 2 aliphatic heterocycles. The maximum Gasteiger partial charge on any atom is 0.243 e. The second kappa shape index (κ2) is 11.0. The zero-order valence-electron chi connectivity index (χ0n) is 20.7. The molecular weight excluding hydrogens is 452 g/mol. The van der Waals surface area contributed by atoms with Gasteiger partial charge in [0.1, 0.15) is 0 Å². The van der Waals surface area contributed by atoms with Gasteiger partial charge in [0.05, 0.1) is 24.7 Å². The molecule has 2 saturated heterocycles. The SMILES string of the molecule is Cc1ccc(S(=O)(=O)N2CCN(CC(=O)NCC3(N4CCOCC4)CCCCC3)CC2)c(C)c1. The van der Waals surface area contributed by atoms with Crippen LogP contribution in [-0.4, -0.2) is 99.5 Å². The number of carbonyl (C=O) groups excluding carboxylic acids is 1. The topological polar surface area (TPSA) is 82.2 Å². The molecule has 0 radical (unpaired) electrons. The first kappa shape index (κ1) is 25.6. The van der Waals surface area contributed by atoms with Crippen molar-refractivity contribution in [2.45, 2.75) is 56.4 Å². The first-order valence-electron chi connectivity index (χ1n) is 12.7. The fraction of sp³-hybridized carbons (Fsp3) is 0.720. The van der Waals surface area contributed by atoms with E-state index in [9.17, 15) is 13.2 Å². The van der Waals surface area contributed by atoms with Crippen LogP contribution in [0.2, 0.25) is 0 Å². The Labute approximate surface area is 204 Å². The Kier molecular flexibility index (Phi) is 8.30. The Morgan fingerprint density at radius 2 is 1.68 bits per heavy atom. The maximum absolute atomic E-state index is 13.1. The first-order valence-corrected chi connectivity index (χ1v) is 14.1. The number of benzene rings is 1. The highest BCUT2D eigenvalue weighted by molar-refractivity contribution is 7.89. The summed E-state index contributed by atoms with van der Waals surface area (Å²) in [7, 11) is -3.52. The summed E-state index contributed by atoms with van der Waals surface area (Å²) < 4.78 is 33.4. The third-order valence-corrected chi connectivity index (χ3v) is 9.79. The lowest BCUT2D eigenvalue weighted by atomic mass is 9.79. The Morgan fingerprint density at radius 3 is 2.32 bits per heavy atom. The molecule has 0 aromatic heterocycles. The Balaban J connectivity index is 1.28. The van der Waals surface area contributed by atoms with Crippen molar-refractivity contribution in [3.05, 3.63) is 29.3 Å². The monoisotopic (exact) mass is 492 g/mol. The van der Waals surface area contributed by atoms with Gasteiger partial charge in [0.15, 0.2) is 0 Å². The molecule has 0 atom stereocenters. The number of carbonyl (C=O) groups is 1. The van der Waals surface area contributed by atoms with Gasteiger partial charge in [0, 0.05) is 51.4 Å². The Hall–Kier alpha value is -1.52. The van der Waals surface area contributed by atoms with Crippen molar-refractivity contribution >= 4 is 15.9 Å². The van der Waals surface area contributed by atoms with Gasteiger partial charge >= 0.3 is 0 Å². The van der Waals surface area contributed by atoms with Crippen molar-refractivity contribution in [2.24, 2.45) is 0 Å². The molecule has 34 heavy (non-hydrogen) atoms.